The molecule has 1 amide bonds. The van der Waals surface area contributed by atoms with Crippen LogP contribution in [0.1, 0.15) is 23.0 Å². The van der Waals surface area contributed by atoms with Gasteiger partial charge < -0.3 is 5.32 Å². The third-order valence-electron chi connectivity index (χ3n) is 2.71. The van der Waals surface area contributed by atoms with Crippen molar-refractivity contribution in [3.8, 4) is 0 Å². The van der Waals surface area contributed by atoms with Gasteiger partial charge in [-0.25, -0.2) is 0 Å². The number of alkyl halides is 3. The van der Waals surface area contributed by atoms with Crippen LogP contribution in [0, 0.1) is 0 Å². The fourth-order valence-corrected chi connectivity index (χ4v) is 1.74. The Morgan fingerprint density at radius 1 is 1.43 bits per heavy atom. The Hall–Kier alpha value is -2.38. The van der Waals surface area contributed by atoms with Crippen LogP contribution in [0.25, 0.3) is 0 Å². The van der Waals surface area contributed by atoms with Crippen molar-refractivity contribution in [1.29, 1.82) is 0 Å². The number of hydrogen-bond acceptors (Lipinski definition) is 3. The lowest BCUT2D eigenvalue weighted by atomic mass is 10.2. The normalized spacial score (nSPS) is 13.0. The van der Waals surface area contributed by atoms with Crippen LogP contribution in [-0.2, 0) is 12.7 Å². The molecule has 2 heterocycles. The van der Waals surface area contributed by atoms with Gasteiger partial charge in [-0.15, -0.1) is 0 Å². The number of nitrogens with one attached hydrogen (secondary N) is 1. The maximum absolute atomic E-state index is 12.4. The molecule has 0 fully saturated rings. The van der Waals surface area contributed by atoms with Crippen molar-refractivity contribution < 1.29 is 18.0 Å². The van der Waals surface area contributed by atoms with E-state index >= 15 is 0 Å². The van der Waals surface area contributed by atoms with Crippen LogP contribution in [-0.4, -0.2) is 26.7 Å². The van der Waals surface area contributed by atoms with Gasteiger partial charge in [-0.3, -0.25) is 14.5 Å². The summed E-state index contributed by atoms with van der Waals surface area (Å²) in [6.45, 7) is 2.24. The van der Waals surface area contributed by atoms with E-state index in [0.29, 0.717) is 6.54 Å². The zero-order valence-corrected chi connectivity index (χ0v) is 11.1. The van der Waals surface area contributed by atoms with Crippen LogP contribution in [0.5, 0.6) is 0 Å². The summed E-state index contributed by atoms with van der Waals surface area (Å²) >= 11 is 0. The van der Waals surface area contributed by atoms with Crippen LogP contribution >= 0.6 is 0 Å². The van der Waals surface area contributed by atoms with E-state index in [-0.39, 0.29) is 11.6 Å². The lowest BCUT2D eigenvalue weighted by Gasteiger charge is -2.14. The third-order valence-corrected chi connectivity index (χ3v) is 2.71. The van der Waals surface area contributed by atoms with Gasteiger partial charge in [0.1, 0.15) is 5.69 Å². The molecule has 0 aromatic carbocycles. The van der Waals surface area contributed by atoms with Gasteiger partial charge in [0.05, 0.1) is 12.1 Å². The van der Waals surface area contributed by atoms with Crippen molar-refractivity contribution in [3.05, 3.63) is 48.0 Å². The van der Waals surface area contributed by atoms with Gasteiger partial charge in [0.2, 0.25) is 0 Å². The summed E-state index contributed by atoms with van der Waals surface area (Å²) in [7, 11) is 0. The average molecular weight is 298 g/mol. The highest BCUT2D eigenvalue weighted by molar-refractivity contribution is 5.94. The summed E-state index contributed by atoms with van der Waals surface area (Å²) in [4.78, 5) is 15.1. The molecular weight excluding hydrogens is 285 g/mol. The van der Waals surface area contributed by atoms with Crippen LogP contribution in [0.4, 0.5) is 13.2 Å². The van der Waals surface area contributed by atoms with E-state index in [2.05, 4.69) is 15.4 Å². The van der Waals surface area contributed by atoms with Gasteiger partial charge in [-0.05, 0) is 25.1 Å². The molecule has 112 valence electrons. The van der Waals surface area contributed by atoms with E-state index in [4.69, 9.17) is 0 Å². The zero-order chi connectivity index (χ0) is 15.5. The minimum Gasteiger partial charge on any atom is -0.348 e. The van der Waals surface area contributed by atoms with Crippen molar-refractivity contribution in [2.75, 3.05) is 0 Å². The first-order valence-corrected chi connectivity index (χ1v) is 6.18. The SMILES string of the molecule is C[C@H](Cn1cccn1)NC(=O)c1ccc(C(F)(F)F)nc1. The highest BCUT2D eigenvalue weighted by atomic mass is 19.4. The Kier molecular flexibility index (Phi) is 4.25. The number of halogens is 3. The van der Waals surface area contributed by atoms with Crippen molar-refractivity contribution in [1.82, 2.24) is 20.1 Å². The molecular formula is C13H13F3N4O. The first-order chi connectivity index (χ1) is 9.86. The molecule has 1 atom stereocenters. The predicted molar refractivity (Wildman–Crippen MR) is 68.4 cm³/mol. The second-order valence-electron chi connectivity index (χ2n) is 4.53. The Bertz CT molecular complexity index is 593. The van der Waals surface area contributed by atoms with Gasteiger partial charge in [-0.2, -0.15) is 18.3 Å². The minimum absolute atomic E-state index is 0.0790. The number of aromatic nitrogens is 3. The summed E-state index contributed by atoms with van der Waals surface area (Å²) < 4.78 is 38.8. The second kappa shape index (κ2) is 5.94. The zero-order valence-electron chi connectivity index (χ0n) is 11.1. The molecule has 0 saturated heterocycles. The highest BCUT2D eigenvalue weighted by Crippen LogP contribution is 2.27. The molecule has 2 rings (SSSR count). The lowest BCUT2D eigenvalue weighted by molar-refractivity contribution is -0.141. The molecule has 0 bridgehead atoms. The van der Waals surface area contributed by atoms with E-state index < -0.39 is 17.8 Å². The molecule has 1 N–H and O–H groups in total. The largest absolute Gasteiger partial charge is 0.433 e. The van der Waals surface area contributed by atoms with Crippen LogP contribution < -0.4 is 5.32 Å². The topological polar surface area (TPSA) is 59.8 Å². The van der Waals surface area contributed by atoms with Crippen molar-refractivity contribution >= 4 is 5.91 Å². The third kappa shape index (κ3) is 4.04. The van der Waals surface area contributed by atoms with E-state index in [1.54, 1.807) is 30.1 Å². The van der Waals surface area contributed by atoms with E-state index in [0.717, 1.165) is 18.3 Å². The summed E-state index contributed by atoms with van der Waals surface area (Å²) in [5.74, 6) is -0.476. The maximum Gasteiger partial charge on any atom is 0.433 e. The van der Waals surface area contributed by atoms with Crippen molar-refractivity contribution in [2.24, 2.45) is 0 Å². The number of amides is 1. The van der Waals surface area contributed by atoms with Crippen LogP contribution in [0.2, 0.25) is 0 Å². The quantitative estimate of drug-likeness (QED) is 0.940. The van der Waals surface area contributed by atoms with E-state index in [1.807, 2.05) is 0 Å². The van der Waals surface area contributed by atoms with E-state index in [9.17, 15) is 18.0 Å². The van der Waals surface area contributed by atoms with Crippen molar-refractivity contribution in [3.63, 3.8) is 0 Å². The molecule has 21 heavy (non-hydrogen) atoms. The molecule has 0 aliphatic carbocycles. The predicted octanol–water partition coefficient (Wildman–Crippen LogP) is 2.12. The van der Waals surface area contributed by atoms with Crippen molar-refractivity contribution in [2.45, 2.75) is 25.7 Å². The second-order valence-corrected chi connectivity index (χ2v) is 4.53. The fraction of sp³-hybridized carbons (Fsp3) is 0.308. The molecule has 0 aliphatic heterocycles. The molecule has 2 aromatic rings. The smallest absolute Gasteiger partial charge is 0.348 e. The lowest BCUT2D eigenvalue weighted by Crippen LogP contribution is -2.35. The van der Waals surface area contributed by atoms with E-state index in [1.165, 1.54) is 0 Å². The highest BCUT2D eigenvalue weighted by Gasteiger charge is 2.32. The number of nitrogens with zero attached hydrogens (tertiary/aromatic N) is 3. The first kappa shape index (κ1) is 15.0. The average Bonchev–Trinajstić information content (AvgIpc) is 2.90. The molecule has 5 nitrogen and oxygen atoms in total. The Morgan fingerprint density at radius 3 is 2.71 bits per heavy atom. The Balaban J connectivity index is 1.97. The molecule has 0 radical (unpaired) electrons. The molecule has 0 aliphatic rings. The summed E-state index contributed by atoms with van der Waals surface area (Å²) in [6, 6.07) is 3.42. The van der Waals surface area contributed by atoms with Gasteiger partial charge in [0.25, 0.3) is 5.91 Å². The van der Waals surface area contributed by atoms with Gasteiger partial charge >= 0.3 is 6.18 Å². The maximum atomic E-state index is 12.4. The number of hydrogen-bond donors (Lipinski definition) is 1. The molecule has 8 heteroatoms. The number of pyridine rings is 1. The van der Waals surface area contributed by atoms with Crippen LogP contribution in [0.15, 0.2) is 36.8 Å². The van der Waals surface area contributed by atoms with Crippen LogP contribution in [0.3, 0.4) is 0 Å². The molecule has 0 saturated carbocycles. The number of carbonyl (C=O) groups is 1. The molecule has 0 unspecified atom stereocenters. The monoisotopic (exact) mass is 298 g/mol. The molecule has 2 aromatic heterocycles. The standard InChI is InChI=1S/C13H13F3N4O/c1-9(8-20-6-2-5-18-20)19-12(21)10-3-4-11(17-7-10)13(14,15)16/h2-7,9H,8H2,1H3,(H,19,21)/t9-/m1/s1. The Morgan fingerprint density at radius 2 is 2.19 bits per heavy atom. The number of carbonyl (C=O) groups excluding carboxylic acids is 1. The first-order valence-electron chi connectivity index (χ1n) is 6.18. The summed E-state index contributed by atoms with van der Waals surface area (Å²) in [5, 5.41) is 6.67. The van der Waals surface area contributed by atoms with Gasteiger partial charge in [0, 0.05) is 24.6 Å². The van der Waals surface area contributed by atoms with Gasteiger partial charge in [-0.1, -0.05) is 0 Å². The minimum atomic E-state index is -4.51. The summed E-state index contributed by atoms with van der Waals surface area (Å²) in [6.07, 6.45) is -0.224. The molecule has 0 spiro atoms. The number of rotatable bonds is 4. The summed E-state index contributed by atoms with van der Waals surface area (Å²) in [5.41, 5.74) is -0.945. The Labute approximate surface area is 118 Å². The fourth-order valence-electron chi connectivity index (χ4n) is 1.74. The van der Waals surface area contributed by atoms with Gasteiger partial charge in [0.15, 0.2) is 0 Å².